The number of carbonyl (C=O) groups is 2. The molecule has 0 spiro atoms. The van der Waals surface area contributed by atoms with E-state index >= 15 is 0 Å². The maximum Gasteiger partial charge on any atom is 0.409 e. The Kier molecular flexibility index (Phi) is 5.97. The van der Waals surface area contributed by atoms with Gasteiger partial charge in [-0.05, 0) is 51.8 Å². The number of alkyl carbamates (subject to hydrolysis) is 1. The van der Waals surface area contributed by atoms with Gasteiger partial charge in [-0.3, -0.25) is 5.32 Å². The van der Waals surface area contributed by atoms with Gasteiger partial charge < -0.3 is 25.3 Å². The second kappa shape index (κ2) is 7.82. The van der Waals surface area contributed by atoms with Gasteiger partial charge in [0.2, 0.25) is 0 Å². The van der Waals surface area contributed by atoms with E-state index in [-0.39, 0.29) is 6.54 Å². The van der Waals surface area contributed by atoms with Crippen LogP contribution in [0.5, 0.6) is 0 Å². The van der Waals surface area contributed by atoms with Crippen molar-refractivity contribution in [1.82, 2.24) is 5.32 Å². The van der Waals surface area contributed by atoms with Crippen molar-refractivity contribution >= 4 is 23.4 Å². The van der Waals surface area contributed by atoms with Crippen LogP contribution in [-0.2, 0) is 14.2 Å². The first-order valence-electron chi connectivity index (χ1n) is 8.51. The molecule has 1 atom stereocenters. The van der Waals surface area contributed by atoms with Crippen molar-refractivity contribution in [3.8, 4) is 0 Å². The lowest BCUT2D eigenvalue weighted by Gasteiger charge is -2.31. The van der Waals surface area contributed by atoms with Crippen LogP contribution in [0.25, 0.3) is 0 Å². The van der Waals surface area contributed by atoms with E-state index in [1.807, 2.05) is 0 Å². The summed E-state index contributed by atoms with van der Waals surface area (Å²) < 4.78 is 15.8. The van der Waals surface area contributed by atoms with E-state index in [9.17, 15) is 9.59 Å². The average Bonchev–Trinajstić information content (AvgIpc) is 3.00. The number of rotatable bonds is 5. The fraction of sp³-hybridized carbons (Fsp3) is 0.556. The Morgan fingerprint density at radius 1 is 1.35 bits per heavy atom. The van der Waals surface area contributed by atoms with E-state index in [1.165, 1.54) is 7.11 Å². The first kappa shape index (κ1) is 19.8. The molecular formula is C18H27N3O5. The largest absolute Gasteiger partial charge is 0.465 e. The first-order chi connectivity index (χ1) is 12.1. The lowest BCUT2D eigenvalue weighted by molar-refractivity contribution is -0.0253. The number of nitrogens with two attached hydrogens (primary N) is 1. The summed E-state index contributed by atoms with van der Waals surface area (Å²) in [5.41, 5.74) is 5.90. The Bertz CT molecular complexity index is 663. The molecular weight excluding hydrogens is 338 g/mol. The minimum absolute atomic E-state index is 0.279. The molecule has 0 radical (unpaired) electrons. The lowest BCUT2D eigenvalue weighted by Crippen LogP contribution is -2.54. The molecule has 0 aromatic heterocycles. The summed E-state index contributed by atoms with van der Waals surface area (Å²) in [4.78, 5) is 23.8. The van der Waals surface area contributed by atoms with Gasteiger partial charge in [-0.1, -0.05) is 0 Å². The second-order valence-corrected chi connectivity index (χ2v) is 7.22. The first-order valence-corrected chi connectivity index (χ1v) is 8.51. The molecule has 0 bridgehead atoms. The zero-order valence-electron chi connectivity index (χ0n) is 15.7. The van der Waals surface area contributed by atoms with Crippen molar-refractivity contribution in [2.45, 2.75) is 44.9 Å². The van der Waals surface area contributed by atoms with Crippen molar-refractivity contribution < 1.29 is 23.8 Å². The molecule has 1 amide bonds. The summed E-state index contributed by atoms with van der Waals surface area (Å²) in [5.74, 6) is -0.452. The smallest absolute Gasteiger partial charge is 0.409 e. The molecule has 1 aromatic carbocycles. The zero-order valence-corrected chi connectivity index (χ0v) is 15.7. The number of hydrogen-bond donors (Lipinski definition) is 3. The summed E-state index contributed by atoms with van der Waals surface area (Å²) in [5, 5.41) is 5.96. The molecule has 1 aliphatic rings. The highest BCUT2D eigenvalue weighted by atomic mass is 16.6. The van der Waals surface area contributed by atoms with Crippen LogP contribution in [0.2, 0.25) is 0 Å². The van der Waals surface area contributed by atoms with Gasteiger partial charge in [0.15, 0.2) is 5.72 Å². The van der Waals surface area contributed by atoms with E-state index in [2.05, 4.69) is 10.6 Å². The van der Waals surface area contributed by atoms with Crippen molar-refractivity contribution in [2.75, 3.05) is 31.3 Å². The molecule has 1 aromatic rings. The average molecular weight is 365 g/mol. The van der Waals surface area contributed by atoms with E-state index < -0.39 is 23.4 Å². The monoisotopic (exact) mass is 365 g/mol. The van der Waals surface area contributed by atoms with Gasteiger partial charge in [0.1, 0.15) is 5.60 Å². The fourth-order valence-electron chi connectivity index (χ4n) is 2.66. The molecule has 1 heterocycles. The Balaban J connectivity index is 2.09. The maximum absolute atomic E-state index is 12.2. The van der Waals surface area contributed by atoms with E-state index in [0.29, 0.717) is 30.0 Å². The molecule has 8 heteroatoms. The van der Waals surface area contributed by atoms with Crippen molar-refractivity contribution in [3.63, 3.8) is 0 Å². The third-order valence-corrected chi connectivity index (χ3v) is 3.87. The summed E-state index contributed by atoms with van der Waals surface area (Å²) in [7, 11) is 1.32. The van der Waals surface area contributed by atoms with Crippen LogP contribution in [0.1, 0.15) is 44.0 Å². The summed E-state index contributed by atoms with van der Waals surface area (Å²) in [6.45, 7) is 6.21. The van der Waals surface area contributed by atoms with Gasteiger partial charge in [-0.15, -0.1) is 0 Å². The van der Waals surface area contributed by atoms with Gasteiger partial charge in [0, 0.05) is 6.61 Å². The van der Waals surface area contributed by atoms with E-state index in [4.69, 9.17) is 19.9 Å². The van der Waals surface area contributed by atoms with Gasteiger partial charge in [-0.2, -0.15) is 0 Å². The SMILES string of the molecule is COC(=O)c1ccc(N)c(NCC2(NC(=O)OC(C)(C)C)CCCO2)c1. The van der Waals surface area contributed by atoms with E-state index in [1.54, 1.807) is 39.0 Å². The normalized spacial score (nSPS) is 19.7. The molecule has 1 fully saturated rings. The Labute approximate surface area is 153 Å². The van der Waals surface area contributed by atoms with Crippen LogP contribution >= 0.6 is 0 Å². The number of amides is 1. The number of benzene rings is 1. The molecule has 8 nitrogen and oxygen atoms in total. The predicted molar refractivity (Wildman–Crippen MR) is 98.0 cm³/mol. The zero-order chi connectivity index (χ0) is 19.4. The topological polar surface area (TPSA) is 112 Å². The molecule has 0 aliphatic carbocycles. The number of hydrogen-bond acceptors (Lipinski definition) is 7. The highest BCUT2D eigenvalue weighted by Crippen LogP contribution is 2.27. The molecule has 1 saturated heterocycles. The molecule has 1 aliphatic heterocycles. The minimum Gasteiger partial charge on any atom is -0.465 e. The Hall–Kier alpha value is -2.48. The molecule has 2 rings (SSSR count). The Morgan fingerprint density at radius 2 is 2.08 bits per heavy atom. The third-order valence-electron chi connectivity index (χ3n) is 3.87. The summed E-state index contributed by atoms with van der Waals surface area (Å²) >= 11 is 0. The quantitative estimate of drug-likeness (QED) is 0.543. The fourth-order valence-corrected chi connectivity index (χ4v) is 2.66. The van der Waals surface area contributed by atoms with Gasteiger partial charge in [0.05, 0.1) is 30.6 Å². The second-order valence-electron chi connectivity index (χ2n) is 7.22. The molecule has 0 saturated carbocycles. The van der Waals surface area contributed by atoms with Crippen LogP contribution in [0.4, 0.5) is 16.2 Å². The van der Waals surface area contributed by atoms with Crippen LogP contribution < -0.4 is 16.4 Å². The third kappa shape index (κ3) is 5.26. The number of anilines is 2. The maximum atomic E-state index is 12.2. The van der Waals surface area contributed by atoms with Gasteiger partial charge >= 0.3 is 12.1 Å². The number of methoxy groups -OCH3 is 1. The van der Waals surface area contributed by atoms with Gasteiger partial charge in [-0.25, -0.2) is 9.59 Å². The van der Waals surface area contributed by atoms with Crippen LogP contribution in [0.15, 0.2) is 18.2 Å². The Morgan fingerprint density at radius 3 is 2.65 bits per heavy atom. The molecule has 26 heavy (non-hydrogen) atoms. The lowest BCUT2D eigenvalue weighted by atomic mass is 10.1. The summed E-state index contributed by atoms with van der Waals surface area (Å²) in [6.07, 6.45) is 0.905. The number of esters is 1. The highest BCUT2D eigenvalue weighted by Gasteiger charge is 2.38. The van der Waals surface area contributed by atoms with Crippen molar-refractivity contribution in [2.24, 2.45) is 0 Å². The van der Waals surface area contributed by atoms with Crippen molar-refractivity contribution in [3.05, 3.63) is 23.8 Å². The number of nitrogen functional groups attached to an aromatic ring is 1. The summed E-state index contributed by atoms with van der Waals surface area (Å²) in [6, 6.07) is 4.82. The standard InChI is InChI=1S/C18H27N3O5/c1-17(2,3)26-16(23)21-18(8-5-9-25-18)11-20-14-10-12(15(22)24-4)6-7-13(14)19/h6-7,10,20H,5,8-9,11,19H2,1-4H3,(H,21,23). The predicted octanol–water partition coefficient (Wildman–Crippen LogP) is 2.50. The number of ether oxygens (including phenoxy) is 3. The molecule has 144 valence electrons. The van der Waals surface area contributed by atoms with Crippen LogP contribution in [-0.4, -0.2) is 43.7 Å². The van der Waals surface area contributed by atoms with E-state index in [0.717, 1.165) is 6.42 Å². The molecule has 4 N–H and O–H groups in total. The van der Waals surface area contributed by atoms with Crippen LogP contribution in [0, 0.1) is 0 Å². The highest BCUT2D eigenvalue weighted by molar-refractivity contribution is 5.92. The van der Waals surface area contributed by atoms with Gasteiger partial charge in [0.25, 0.3) is 0 Å². The minimum atomic E-state index is -0.893. The molecule has 1 unspecified atom stereocenters. The number of nitrogens with one attached hydrogen (secondary N) is 2. The van der Waals surface area contributed by atoms with Crippen molar-refractivity contribution in [1.29, 1.82) is 0 Å². The number of carbonyl (C=O) groups excluding carboxylic acids is 2. The van der Waals surface area contributed by atoms with Crippen LogP contribution in [0.3, 0.4) is 0 Å².